The van der Waals surface area contributed by atoms with Crippen molar-refractivity contribution in [2.24, 2.45) is 0 Å². The number of aryl methyl sites for hydroxylation is 1. The van der Waals surface area contributed by atoms with Crippen molar-refractivity contribution in [3.63, 3.8) is 0 Å². The van der Waals surface area contributed by atoms with Gasteiger partial charge in [-0.2, -0.15) is 0 Å². The first-order chi connectivity index (χ1) is 10.5. The van der Waals surface area contributed by atoms with Gasteiger partial charge in [0.25, 0.3) is 0 Å². The Balaban J connectivity index is 1.69. The summed E-state index contributed by atoms with van der Waals surface area (Å²) in [5.74, 6) is 0.783. The molecule has 2 rings (SSSR count). The number of hydrogen-bond acceptors (Lipinski definition) is 6. The number of carbonyl (C=O) groups excluding carboxylic acids is 1. The Hall–Kier alpha value is -1.47. The smallest absolute Gasteiger partial charge is 0.230 e. The third-order valence-corrected chi connectivity index (χ3v) is 4.93. The molecular formula is C15H20N4OS2. The summed E-state index contributed by atoms with van der Waals surface area (Å²) in [6.45, 7) is 6.78. The number of nitrogens with one attached hydrogen (secondary N) is 1. The van der Waals surface area contributed by atoms with E-state index in [0.29, 0.717) is 23.4 Å². The molecule has 5 nitrogen and oxygen atoms in total. The number of nitrogens with zero attached hydrogens (tertiary/aromatic N) is 3. The van der Waals surface area contributed by atoms with Crippen molar-refractivity contribution in [1.29, 1.82) is 0 Å². The zero-order valence-electron chi connectivity index (χ0n) is 13.0. The summed E-state index contributed by atoms with van der Waals surface area (Å²) in [6.07, 6.45) is 2.47. The number of hydrogen-bond donors (Lipinski definition) is 1. The molecule has 7 heteroatoms. The van der Waals surface area contributed by atoms with Crippen LogP contribution in [0.25, 0.3) is 0 Å². The second-order valence-corrected chi connectivity index (χ2v) is 7.03. The minimum atomic E-state index is -0.00517. The van der Waals surface area contributed by atoms with Gasteiger partial charge in [-0.15, -0.1) is 11.3 Å². The number of thioether (sulfide) groups is 1. The SMILES string of the molecule is Cc1ccnc(SCC(=O)NCCc2csc(C(C)C)n2)n1. The van der Waals surface area contributed by atoms with Gasteiger partial charge in [-0.3, -0.25) is 4.79 Å². The van der Waals surface area contributed by atoms with Gasteiger partial charge in [0.05, 0.1) is 16.5 Å². The molecule has 0 saturated heterocycles. The molecule has 1 N–H and O–H groups in total. The van der Waals surface area contributed by atoms with Crippen LogP contribution >= 0.6 is 23.1 Å². The number of aromatic nitrogens is 3. The van der Waals surface area contributed by atoms with E-state index in [4.69, 9.17) is 0 Å². The van der Waals surface area contributed by atoms with Crippen molar-refractivity contribution in [1.82, 2.24) is 20.3 Å². The number of thiazole rings is 1. The average molecular weight is 336 g/mol. The Morgan fingerprint density at radius 2 is 2.23 bits per heavy atom. The summed E-state index contributed by atoms with van der Waals surface area (Å²) in [5, 5.41) is 6.75. The van der Waals surface area contributed by atoms with Gasteiger partial charge in [-0.05, 0) is 13.0 Å². The fraction of sp³-hybridized carbons (Fsp3) is 0.467. The van der Waals surface area contributed by atoms with E-state index in [9.17, 15) is 4.79 Å². The maximum atomic E-state index is 11.8. The third-order valence-electron chi connectivity index (χ3n) is 2.87. The van der Waals surface area contributed by atoms with E-state index in [0.717, 1.165) is 22.8 Å². The molecule has 0 unspecified atom stereocenters. The molecule has 118 valence electrons. The molecular weight excluding hydrogens is 316 g/mol. The van der Waals surface area contributed by atoms with Gasteiger partial charge in [0.15, 0.2) is 5.16 Å². The fourth-order valence-electron chi connectivity index (χ4n) is 1.71. The number of amides is 1. The summed E-state index contributed by atoms with van der Waals surface area (Å²) in [6, 6.07) is 1.84. The molecule has 0 saturated carbocycles. The minimum Gasteiger partial charge on any atom is -0.355 e. The fourth-order valence-corrected chi connectivity index (χ4v) is 3.28. The lowest BCUT2D eigenvalue weighted by Crippen LogP contribution is -2.27. The van der Waals surface area contributed by atoms with Crippen LogP contribution in [0.15, 0.2) is 22.8 Å². The van der Waals surface area contributed by atoms with Crippen LogP contribution in [0.2, 0.25) is 0 Å². The molecule has 2 aromatic heterocycles. The van der Waals surface area contributed by atoms with Gasteiger partial charge in [0, 0.05) is 36.2 Å². The average Bonchev–Trinajstić information content (AvgIpc) is 2.94. The number of rotatable bonds is 7. The molecule has 0 atom stereocenters. The van der Waals surface area contributed by atoms with Crippen molar-refractivity contribution < 1.29 is 4.79 Å². The molecule has 2 heterocycles. The molecule has 0 fully saturated rings. The first-order valence-corrected chi connectivity index (χ1v) is 9.04. The van der Waals surface area contributed by atoms with Crippen LogP contribution < -0.4 is 5.32 Å². The molecule has 0 bridgehead atoms. The van der Waals surface area contributed by atoms with E-state index >= 15 is 0 Å². The summed E-state index contributed by atoms with van der Waals surface area (Å²) < 4.78 is 0. The van der Waals surface area contributed by atoms with E-state index in [1.54, 1.807) is 17.5 Å². The topological polar surface area (TPSA) is 67.8 Å². The van der Waals surface area contributed by atoms with Gasteiger partial charge in [-0.1, -0.05) is 25.6 Å². The van der Waals surface area contributed by atoms with Crippen LogP contribution in [0.5, 0.6) is 0 Å². The Bertz CT molecular complexity index is 628. The summed E-state index contributed by atoms with van der Waals surface area (Å²) in [7, 11) is 0. The van der Waals surface area contributed by atoms with Gasteiger partial charge >= 0.3 is 0 Å². The van der Waals surface area contributed by atoms with E-state index in [-0.39, 0.29) is 5.91 Å². The molecule has 0 aliphatic heterocycles. The summed E-state index contributed by atoms with van der Waals surface area (Å²) in [5.41, 5.74) is 1.95. The minimum absolute atomic E-state index is 0.00517. The highest BCUT2D eigenvalue weighted by Crippen LogP contribution is 2.19. The van der Waals surface area contributed by atoms with Gasteiger partial charge < -0.3 is 5.32 Å². The first-order valence-electron chi connectivity index (χ1n) is 7.18. The van der Waals surface area contributed by atoms with Crippen LogP contribution in [0, 0.1) is 6.92 Å². The molecule has 0 aliphatic carbocycles. The second-order valence-electron chi connectivity index (χ2n) is 5.20. The Morgan fingerprint density at radius 1 is 1.41 bits per heavy atom. The highest BCUT2D eigenvalue weighted by atomic mass is 32.2. The van der Waals surface area contributed by atoms with Crippen LogP contribution in [0.1, 0.15) is 36.2 Å². The lowest BCUT2D eigenvalue weighted by Gasteiger charge is -2.04. The maximum Gasteiger partial charge on any atom is 0.230 e. The molecule has 2 aromatic rings. The van der Waals surface area contributed by atoms with E-state index in [2.05, 4.69) is 39.5 Å². The number of carbonyl (C=O) groups is 1. The van der Waals surface area contributed by atoms with E-state index in [1.807, 2.05) is 13.0 Å². The maximum absolute atomic E-state index is 11.8. The monoisotopic (exact) mass is 336 g/mol. The first kappa shape index (κ1) is 16.9. The van der Waals surface area contributed by atoms with Crippen LogP contribution in [0.3, 0.4) is 0 Å². The van der Waals surface area contributed by atoms with Crippen molar-refractivity contribution in [2.75, 3.05) is 12.3 Å². The summed E-state index contributed by atoms with van der Waals surface area (Å²) >= 11 is 3.03. The van der Waals surface area contributed by atoms with Gasteiger partial charge in [0.1, 0.15) is 0 Å². The van der Waals surface area contributed by atoms with Crippen LogP contribution in [-0.2, 0) is 11.2 Å². The highest BCUT2D eigenvalue weighted by Gasteiger charge is 2.07. The molecule has 0 radical (unpaired) electrons. The zero-order chi connectivity index (χ0) is 15.9. The standard InChI is InChI=1S/C15H20N4OS2/c1-10(2)14-19-12(8-21-14)5-7-16-13(20)9-22-15-17-6-4-11(3)18-15/h4,6,8,10H,5,7,9H2,1-3H3,(H,16,20). The van der Waals surface area contributed by atoms with Crippen LogP contribution in [0.4, 0.5) is 0 Å². The molecule has 0 spiro atoms. The predicted molar refractivity (Wildman–Crippen MR) is 90.4 cm³/mol. The van der Waals surface area contributed by atoms with E-state index < -0.39 is 0 Å². The van der Waals surface area contributed by atoms with Crippen molar-refractivity contribution in [3.05, 3.63) is 34.0 Å². The Labute approximate surface area is 139 Å². The third kappa shape index (κ3) is 5.38. The Kier molecular flexibility index (Phi) is 6.33. The largest absolute Gasteiger partial charge is 0.355 e. The molecule has 0 aliphatic rings. The molecule has 22 heavy (non-hydrogen) atoms. The van der Waals surface area contributed by atoms with Gasteiger partial charge in [-0.25, -0.2) is 15.0 Å². The summed E-state index contributed by atoms with van der Waals surface area (Å²) in [4.78, 5) is 24.7. The van der Waals surface area contributed by atoms with Gasteiger partial charge in [0.2, 0.25) is 5.91 Å². The van der Waals surface area contributed by atoms with Crippen LogP contribution in [-0.4, -0.2) is 33.2 Å². The lowest BCUT2D eigenvalue weighted by molar-refractivity contribution is -0.118. The lowest BCUT2D eigenvalue weighted by atomic mass is 10.2. The second kappa shape index (κ2) is 8.24. The Morgan fingerprint density at radius 3 is 2.91 bits per heavy atom. The van der Waals surface area contributed by atoms with Crippen molar-refractivity contribution in [3.8, 4) is 0 Å². The van der Waals surface area contributed by atoms with Crippen molar-refractivity contribution >= 4 is 29.0 Å². The normalized spacial score (nSPS) is 10.9. The molecule has 1 amide bonds. The molecule has 0 aromatic carbocycles. The highest BCUT2D eigenvalue weighted by molar-refractivity contribution is 7.99. The quantitative estimate of drug-likeness (QED) is 0.622. The zero-order valence-corrected chi connectivity index (χ0v) is 14.6. The van der Waals surface area contributed by atoms with Crippen molar-refractivity contribution in [2.45, 2.75) is 38.3 Å². The van der Waals surface area contributed by atoms with E-state index in [1.165, 1.54) is 11.8 Å². The predicted octanol–water partition coefficient (Wildman–Crippen LogP) is 2.82.